The van der Waals surface area contributed by atoms with Crippen molar-refractivity contribution < 1.29 is 4.42 Å². The second kappa shape index (κ2) is 13.1. The molecule has 0 saturated heterocycles. The van der Waals surface area contributed by atoms with Gasteiger partial charge in [0.05, 0.1) is 16.6 Å². The van der Waals surface area contributed by atoms with E-state index < -0.39 is 0 Å². The molecule has 1 aliphatic rings. The Morgan fingerprint density at radius 2 is 1.42 bits per heavy atom. The standard InChI is InChI=1S/C47H38N4O/c1-4-14-43-30(3)37-22-13-23-40(44(37)52-43)47-49-45(32-16-7-6-8-17-32)48-46(50-47)35-19-12-20-36(28-35)51-41-24-10-9-21-38(41)39-26-25-34(29-42(39)51)33-18-11-15-31(5-2)27-33/h4,6-10,12-14,16-29H,5,11,15H2,1-3H3/b14-4-. The van der Waals surface area contributed by atoms with E-state index in [1.54, 1.807) is 0 Å². The van der Waals surface area contributed by atoms with Crippen LogP contribution in [-0.4, -0.2) is 19.5 Å². The average Bonchev–Trinajstić information content (AvgIpc) is 3.71. The highest BCUT2D eigenvalue weighted by molar-refractivity contribution is 6.10. The molecule has 0 radical (unpaired) electrons. The molecule has 0 atom stereocenters. The lowest BCUT2D eigenvalue weighted by atomic mass is 9.93. The Balaban J connectivity index is 1.23. The van der Waals surface area contributed by atoms with Gasteiger partial charge in [0, 0.05) is 38.5 Å². The minimum Gasteiger partial charge on any atom is -0.456 e. The molecule has 1 aliphatic carbocycles. The number of aromatic nitrogens is 4. The molecule has 9 rings (SSSR count). The van der Waals surface area contributed by atoms with Gasteiger partial charge in [0.1, 0.15) is 11.3 Å². The van der Waals surface area contributed by atoms with Crippen molar-refractivity contribution in [3.63, 3.8) is 0 Å². The summed E-state index contributed by atoms with van der Waals surface area (Å²) >= 11 is 0. The van der Waals surface area contributed by atoms with Gasteiger partial charge in [-0.2, -0.15) is 0 Å². The molecule has 0 N–H and O–H groups in total. The zero-order chi connectivity index (χ0) is 35.2. The molecule has 0 amide bonds. The number of hydrogen-bond donors (Lipinski definition) is 0. The van der Waals surface area contributed by atoms with Gasteiger partial charge >= 0.3 is 0 Å². The van der Waals surface area contributed by atoms with Crippen LogP contribution in [0, 0.1) is 6.92 Å². The molecular formula is C47H38N4O. The summed E-state index contributed by atoms with van der Waals surface area (Å²) in [5.74, 6) is 2.63. The van der Waals surface area contributed by atoms with Crippen LogP contribution in [0.5, 0.6) is 0 Å². The predicted octanol–water partition coefficient (Wildman–Crippen LogP) is 12.6. The quantitative estimate of drug-likeness (QED) is 0.169. The number of allylic oxidation sites excluding steroid dienone is 5. The van der Waals surface area contributed by atoms with Gasteiger partial charge in [-0.25, -0.2) is 15.0 Å². The number of furan rings is 1. The van der Waals surface area contributed by atoms with Crippen molar-refractivity contribution in [3.8, 4) is 39.9 Å². The minimum atomic E-state index is 0.572. The van der Waals surface area contributed by atoms with Gasteiger partial charge in [-0.05, 0) is 80.7 Å². The van der Waals surface area contributed by atoms with E-state index in [4.69, 9.17) is 19.4 Å². The summed E-state index contributed by atoms with van der Waals surface area (Å²) in [6, 6.07) is 40.4. The number of nitrogens with zero attached hydrogens (tertiary/aromatic N) is 4. The van der Waals surface area contributed by atoms with Crippen molar-refractivity contribution in [2.75, 3.05) is 0 Å². The summed E-state index contributed by atoms with van der Waals surface area (Å²) in [5, 5.41) is 3.51. The van der Waals surface area contributed by atoms with Gasteiger partial charge in [0.25, 0.3) is 0 Å². The Hall–Kier alpha value is -6.33. The molecule has 0 aliphatic heterocycles. The van der Waals surface area contributed by atoms with Crippen molar-refractivity contribution in [3.05, 3.63) is 156 Å². The number of aryl methyl sites for hydroxylation is 1. The predicted molar refractivity (Wildman–Crippen MR) is 215 cm³/mol. The smallest absolute Gasteiger partial charge is 0.167 e. The maximum Gasteiger partial charge on any atom is 0.167 e. The minimum absolute atomic E-state index is 0.572. The first-order valence-electron chi connectivity index (χ1n) is 18.1. The maximum absolute atomic E-state index is 6.43. The van der Waals surface area contributed by atoms with Gasteiger partial charge in [-0.1, -0.05) is 116 Å². The van der Waals surface area contributed by atoms with Crippen LogP contribution in [-0.2, 0) is 0 Å². The summed E-state index contributed by atoms with van der Waals surface area (Å²) in [7, 11) is 0. The molecule has 0 unspecified atom stereocenters. The van der Waals surface area contributed by atoms with Crippen LogP contribution in [0.2, 0.25) is 0 Å². The van der Waals surface area contributed by atoms with Gasteiger partial charge in [-0.15, -0.1) is 0 Å². The van der Waals surface area contributed by atoms with Gasteiger partial charge in [-0.3, -0.25) is 0 Å². The first-order chi connectivity index (χ1) is 25.6. The normalized spacial score (nSPS) is 13.4. The molecule has 5 aromatic carbocycles. The fourth-order valence-corrected chi connectivity index (χ4v) is 7.55. The highest BCUT2D eigenvalue weighted by atomic mass is 16.3. The number of benzene rings is 5. The van der Waals surface area contributed by atoms with Gasteiger partial charge < -0.3 is 8.98 Å². The molecule has 0 saturated carbocycles. The average molecular weight is 675 g/mol. The highest BCUT2D eigenvalue weighted by Gasteiger charge is 2.20. The lowest BCUT2D eigenvalue weighted by Gasteiger charge is -2.14. The van der Waals surface area contributed by atoms with Crippen molar-refractivity contribution in [2.24, 2.45) is 0 Å². The second-order valence-corrected chi connectivity index (χ2v) is 13.4. The molecular weight excluding hydrogens is 637 g/mol. The van der Waals surface area contributed by atoms with Crippen LogP contribution in [0.1, 0.15) is 50.0 Å². The van der Waals surface area contributed by atoms with Crippen LogP contribution in [0.3, 0.4) is 0 Å². The van der Waals surface area contributed by atoms with Crippen LogP contribution < -0.4 is 0 Å². The lowest BCUT2D eigenvalue weighted by Crippen LogP contribution is -2.01. The lowest BCUT2D eigenvalue weighted by molar-refractivity contribution is 0.601. The number of rotatable bonds is 7. The summed E-state index contributed by atoms with van der Waals surface area (Å²) in [6.45, 7) is 6.34. The molecule has 3 heterocycles. The Bertz CT molecular complexity index is 2740. The van der Waals surface area contributed by atoms with Crippen molar-refractivity contribution in [2.45, 2.75) is 40.0 Å². The van der Waals surface area contributed by atoms with Crippen LogP contribution in [0.15, 0.2) is 143 Å². The van der Waals surface area contributed by atoms with E-state index in [0.29, 0.717) is 17.5 Å². The Morgan fingerprint density at radius 1 is 0.692 bits per heavy atom. The first kappa shape index (κ1) is 31.6. The molecule has 0 bridgehead atoms. The monoisotopic (exact) mass is 674 g/mol. The van der Waals surface area contributed by atoms with Crippen molar-refractivity contribution in [1.29, 1.82) is 0 Å². The molecule has 8 aromatic rings. The number of fused-ring (bicyclic) bond motifs is 4. The van der Waals surface area contributed by atoms with E-state index in [0.717, 1.165) is 69.4 Å². The Kier molecular flexibility index (Phi) is 7.96. The van der Waals surface area contributed by atoms with Crippen LogP contribution in [0.4, 0.5) is 0 Å². The molecule has 5 nitrogen and oxygen atoms in total. The molecule has 0 fully saturated rings. The van der Waals surface area contributed by atoms with Crippen molar-refractivity contribution >= 4 is 44.4 Å². The fraction of sp³-hybridized carbons (Fsp3) is 0.128. The molecule has 5 heteroatoms. The van der Waals surface area contributed by atoms with E-state index in [-0.39, 0.29) is 0 Å². The van der Waals surface area contributed by atoms with Gasteiger partial charge in [0.15, 0.2) is 17.5 Å². The Labute approximate surface area is 303 Å². The van der Waals surface area contributed by atoms with E-state index >= 15 is 0 Å². The van der Waals surface area contributed by atoms with E-state index in [1.165, 1.54) is 33.0 Å². The molecule has 52 heavy (non-hydrogen) atoms. The summed E-state index contributed by atoms with van der Waals surface area (Å²) in [4.78, 5) is 15.3. The zero-order valence-corrected chi connectivity index (χ0v) is 29.6. The first-order valence-corrected chi connectivity index (χ1v) is 18.1. The highest BCUT2D eigenvalue weighted by Crippen LogP contribution is 2.38. The third kappa shape index (κ3) is 5.46. The van der Waals surface area contributed by atoms with Gasteiger partial charge in [0.2, 0.25) is 0 Å². The van der Waals surface area contributed by atoms with E-state index in [1.807, 2.05) is 61.5 Å². The SMILES string of the molecule is C/C=C\c1oc2c(-c3nc(-c4ccccc4)nc(-c4cccc(-n5c6ccccc6c6ccc(C7=CCCC(CC)=C7)cc65)c4)n3)cccc2c1C. The second-order valence-electron chi connectivity index (χ2n) is 13.4. The third-order valence-corrected chi connectivity index (χ3v) is 10.2. The van der Waals surface area contributed by atoms with E-state index in [2.05, 4.69) is 103 Å². The topological polar surface area (TPSA) is 56.7 Å². The fourth-order valence-electron chi connectivity index (χ4n) is 7.55. The summed E-state index contributed by atoms with van der Waals surface area (Å²) in [6.07, 6.45) is 12.1. The Morgan fingerprint density at radius 3 is 2.27 bits per heavy atom. The summed E-state index contributed by atoms with van der Waals surface area (Å²) < 4.78 is 8.81. The maximum atomic E-state index is 6.43. The molecule has 3 aromatic heterocycles. The largest absolute Gasteiger partial charge is 0.456 e. The molecule has 252 valence electrons. The number of hydrogen-bond acceptors (Lipinski definition) is 4. The van der Waals surface area contributed by atoms with Crippen LogP contribution >= 0.6 is 0 Å². The van der Waals surface area contributed by atoms with Crippen molar-refractivity contribution in [1.82, 2.24) is 19.5 Å². The van der Waals surface area contributed by atoms with Crippen LogP contribution in [0.25, 0.3) is 84.3 Å². The molecule has 0 spiro atoms. The number of para-hydroxylation sites is 2. The third-order valence-electron chi connectivity index (χ3n) is 10.2. The van der Waals surface area contributed by atoms with E-state index in [9.17, 15) is 0 Å². The summed E-state index contributed by atoms with van der Waals surface area (Å²) in [5.41, 5.74) is 12.0. The zero-order valence-electron chi connectivity index (χ0n) is 29.6.